The maximum atomic E-state index is 12.4. The lowest BCUT2D eigenvalue weighted by Gasteiger charge is -2.13. The Labute approximate surface area is 149 Å². The summed E-state index contributed by atoms with van der Waals surface area (Å²) in [6, 6.07) is 16.1. The van der Waals surface area contributed by atoms with Crippen LogP contribution in [0.2, 0.25) is 0 Å². The second-order valence-corrected chi connectivity index (χ2v) is 5.84. The van der Waals surface area contributed by atoms with Gasteiger partial charge in [0.05, 0.1) is 11.3 Å². The van der Waals surface area contributed by atoms with E-state index in [0.29, 0.717) is 17.2 Å². The van der Waals surface area contributed by atoms with Crippen molar-refractivity contribution in [3.8, 4) is 17.2 Å². The van der Waals surface area contributed by atoms with Crippen molar-refractivity contribution >= 4 is 22.4 Å². The van der Waals surface area contributed by atoms with Crippen molar-refractivity contribution in [3.63, 3.8) is 0 Å². The van der Waals surface area contributed by atoms with Gasteiger partial charge in [-0.25, -0.2) is 0 Å². The van der Waals surface area contributed by atoms with Gasteiger partial charge in [0.15, 0.2) is 11.5 Å². The number of carbonyl (C=O) groups is 1. The van der Waals surface area contributed by atoms with Gasteiger partial charge in [-0.3, -0.25) is 15.6 Å². The lowest BCUT2D eigenvalue weighted by molar-refractivity contribution is 0.0940. The Kier molecular flexibility index (Phi) is 3.85. The van der Waals surface area contributed by atoms with E-state index in [1.54, 1.807) is 24.3 Å². The summed E-state index contributed by atoms with van der Waals surface area (Å²) >= 11 is 0. The monoisotopic (exact) mass is 348 g/mol. The van der Waals surface area contributed by atoms with E-state index < -0.39 is 5.91 Å². The molecule has 0 atom stereocenters. The summed E-state index contributed by atoms with van der Waals surface area (Å²) in [5.41, 5.74) is 6.72. The molecule has 0 aliphatic carbocycles. The molecular formula is C20H16N2O4. The quantitative estimate of drug-likeness (QED) is 0.631. The Morgan fingerprint density at radius 1 is 0.962 bits per heavy atom. The molecule has 1 aliphatic heterocycles. The summed E-state index contributed by atoms with van der Waals surface area (Å²) in [6.45, 7) is 4.09. The summed E-state index contributed by atoms with van der Waals surface area (Å²) < 4.78 is 10.6. The predicted molar refractivity (Wildman–Crippen MR) is 97.8 cm³/mol. The Bertz CT molecular complexity index is 1030. The number of nitrogens with one attached hydrogen (secondary N) is 2. The maximum absolute atomic E-state index is 12.4. The molecule has 0 saturated heterocycles. The molecule has 0 spiro atoms. The highest BCUT2D eigenvalue weighted by Gasteiger charge is 2.15. The smallest absolute Gasteiger partial charge is 0.273 e. The van der Waals surface area contributed by atoms with Gasteiger partial charge in [0, 0.05) is 5.56 Å². The number of phenols is 1. The predicted octanol–water partition coefficient (Wildman–Crippen LogP) is 3.18. The third kappa shape index (κ3) is 2.88. The van der Waals surface area contributed by atoms with Crippen LogP contribution in [-0.4, -0.2) is 17.8 Å². The van der Waals surface area contributed by atoms with Crippen molar-refractivity contribution in [3.05, 3.63) is 72.3 Å². The van der Waals surface area contributed by atoms with Gasteiger partial charge in [-0.2, -0.15) is 0 Å². The molecule has 0 fully saturated rings. The average Bonchev–Trinajstić information content (AvgIpc) is 3.13. The Morgan fingerprint density at radius 3 is 2.50 bits per heavy atom. The summed E-state index contributed by atoms with van der Waals surface area (Å²) in [7, 11) is 0. The minimum absolute atomic E-state index is 0.0864. The minimum atomic E-state index is -0.463. The Hall–Kier alpha value is -3.67. The summed E-state index contributed by atoms with van der Waals surface area (Å²) in [5, 5.41) is 11.9. The molecule has 6 heteroatoms. The van der Waals surface area contributed by atoms with Crippen LogP contribution >= 0.6 is 0 Å². The van der Waals surface area contributed by atoms with E-state index >= 15 is 0 Å². The topological polar surface area (TPSA) is 79.8 Å². The number of fused-ring (bicyclic) bond motifs is 2. The third-order valence-corrected chi connectivity index (χ3v) is 4.16. The number of amides is 1. The zero-order valence-corrected chi connectivity index (χ0v) is 13.8. The van der Waals surface area contributed by atoms with Crippen LogP contribution in [0.5, 0.6) is 17.2 Å². The first-order valence-electron chi connectivity index (χ1n) is 7.99. The maximum Gasteiger partial charge on any atom is 0.273 e. The molecular weight excluding hydrogens is 332 g/mol. The van der Waals surface area contributed by atoms with E-state index in [1.807, 2.05) is 30.3 Å². The summed E-state index contributed by atoms with van der Waals surface area (Å²) in [4.78, 5) is 12.4. The lowest BCUT2D eigenvalue weighted by atomic mass is 10.1. The summed E-state index contributed by atoms with van der Waals surface area (Å²) in [5.74, 6) is 0.752. The molecule has 130 valence electrons. The number of rotatable bonds is 4. The SMILES string of the molecule is C=C(NNC(=O)c1cc2ccccc2cc1O)c1ccc2c(c1)OCO2. The van der Waals surface area contributed by atoms with E-state index in [2.05, 4.69) is 17.4 Å². The van der Waals surface area contributed by atoms with Gasteiger partial charge in [-0.05, 0) is 41.1 Å². The van der Waals surface area contributed by atoms with Crippen LogP contribution in [0.15, 0.2) is 61.2 Å². The van der Waals surface area contributed by atoms with Crippen molar-refractivity contribution in [2.75, 3.05) is 6.79 Å². The van der Waals surface area contributed by atoms with Crippen molar-refractivity contribution in [1.29, 1.82) is 0 Å². The number of hydrogen-bond acceptors (Lipinski definition) is 5. The Balaban J connectivity index is 1.48. The lowest BCUT2D eigenvalue weighted by Crippen LogP contribution is -2.35. The van der Waals surface area contributed by atoms with E-state index in [1.165, 1.54) is 0 Å². The molecule has 3 aromatic rings. The average molecular weight is 348 g/mol. The molecule has 0 aromatic heterocycles. The van der Waals surface area contributed by atoms with Gasteiger partial charge >= 0.3 is 0 Å². The van der Waals surface area contributed by atoms with Crippen LogP contribution in [0.25, 0.3) is 16.5 Å². The van der Waals surface area contributed by atoms with Crippen LogP contribution < -0.4 is 20.3 Å². The minimum Gasteiger partial charge on any atom is -0.507 e. The standard InChI is InChI=1S/C20H16N2O4/c1-12(13-6-7-18-19(10-13)26-11-25-18)21-22-20(24)16-8-14-4-2-3-5-15(14)9-17(16)23/h2-10,21,23H,1,11H2,(H,22,24). The molecule has 1 amide bonds. The van der Waals surface area contributed by atoms with Crippen LogP contribution in [0.1, 0.15) is 15.9 Å². The number of phenolic OH excluding ortho intramolecular Hbond substituents is 1. The van der Waals surface area contributed by atoms with Crippen LogP contribution in [0, 0.1) is 0 Å². The fourth-order valence-electron chi connectivity index (χ4n) is 2.77. The van der Waals surface area contributed by atoms with Crippen molar-refractivity contribution < 1.29 is 19.4 Å². The summed E-state index contributed by atoms with van der Waals surface area (Å²) in [6.07, 6.45) is 0. The fourth-order valence-corrected chi connectivity index (χ4v) is 2.77. The largest absolute Gasteiger partial charge is 0.507 e. The number of benzene rings is 3. The number of hydrazine groups is 1. The van der Waals surface area contributed by atoms with E-state index in [0.717, 1.165) is 16.3 Å². The normalized spacial score (nSPS) is 12.0. The molecule has 3 aromatic carbocycles. The van der Waals surface area contributed by atoms with Crippen LogP contribution in [0.3, 0.4) is 0 Å². The fraction of sp³-hybridized carbons (Fsp3) is 0.0500. The molecule has 3 N–H and O–H groups in total. The molecule has 6 nitrogen and oxygen atoms in total. The van der Waals surface area contributed by atoms with Crippen LogP contribution in [-0.2, 0) is 0 Å². The zero-order chi connectivity index (χ0) is 18.1. The highest BCUT2D eigenvalue weighted by atomic mass is 16.7. The second-order valence-electron chi connectivity index (χ2n) is 5.84. The highest BCUT2D eigenvalue weighted by Crippen LogP contribution is 2.33. The second kappa shape index (κ2) is 6.33. The number of aromatic hydroxyl groups is 1. The van der Waals surface area contributed by atoms with Gasteiger partial charge in [0.2, 0.25) is 6.79 Å². The van der Waals surface area contributed by atoms with Crippen molar-refractivity contribution in [2.45, 2.75) is 0 Å². The molecule has 4 rings (SSSR count). The zero-order valence-electron chi connectivity index (χ0n) is 13.8. The van der Waals surface area contributed by atoms with Gasteiger partial charge < -0.3 is 14.6 Å². The first-order valence-corrected chi connectivity index (χ1v) is 7.99. The molecule has 1 aliphatic rings. The van der Waals surface area contributed by atoms with E-state index in [4.69, 9.17) is 9.47 Å². The first-order chi connectivity index (χ1) is 12.6. The van der Waals surface area contributed by atoms with Crippen LogP contribution in [0.4, 0.5) is 0 Å². The third-order valence-electron chi connectivity index (χ3n) is 4.16. The molecule has 0 saturated carbocycles. The highest BCUT2D eigenvalue weighted by molar-refractivity contribution is 6.01. The number of ether oxygens (including phenoxy) is 2. The molecule has 0 unspecified atom stereocenters. The number of hydrogen-bond donors (Lipinski definition) is 3. The molecule has 0 bridgehead atoms. The number of carbonyl (C=O) groups excluding carboxylic acids is 1. The van der Waals surface area contributed by atoms with Gasteiger partial charge in [0.1, 0.15) is 5.75 Å². The first kappa shape index (κ1) is 15.8. The van der Waals surface area contributed by atoms with E-state index in [9.17, 15) is 9.90 Å². The molecule has 0 radical (unpaired) electrons. The molecule has 26 heavy (non-hydrogen) atoms. The Morgan fingerprint density at radius 2 is 1.69 bits per heavy atom. The van der Waals surface area contributed by atoms with Gasteiger partial charge in [-0.1, -0.05) is 30.8 Å². The van der Waals surface area contributed by atoms with Gasteiger partial charge in [-0.15, -0.1) is 0 Å². The van der Waals surface area contributed by atoms with Crippen molar-refractivity contribution in [2.24, 2.45) is 0 Å². The molecule has 1 heterocycles. The van der Waals surface area contributed by atoms with Gasteiger partial charge in [0.25, 0.3) is 5.91 Å². The van der Waals surface area contributed by atoms with Crippen molar-refractivity contribution in [1.82, 2.24) is 10.9 Å². The van der Waals surface area contributed by atoms with E-state index in [-0.39, 0.29) is 18.1 Å².